The average Bonchev–Trinajstić information content (AvgIpc) is 3.08. The Labute approximate surface area is 154 Å². The van der Waals surface area contributed by atoms with Crippen molar-refractivity contribution >= 4 is 28.4 Å². The molecule has 2 heterocycles. The predicted molar refractivity (Wildman–Crippen MR) is 102 cm³/mol. The van der Waals surface area contributed by atoms with Gasteiger partial charge in [0.25, 0.3) is 0 Å². The number of benzene rings is 2. The molecule has 27 heavy (non-hydrogen) atoms. The van der Waals surface area contributed by atoms with Gasteiger partial charge in [0, 0.05) is 35.9 Å². The third-order valence-corrected chi connectivity index (χ3v) is 4.20. The lowest BCUT2D eigenvalue weighted by Gasteiger charge is -2.09. The second-order valence-corrected chi connectivity index (χ2v) is 6.05. The summed E-state index contributed by atoms with van der Waals surface area (Å²) in [6.07, 6.45) is 4.38. The Morgan fingerprint density at radius 1 is 1.04 bits per heavy atom. The van der Waals surface area contributed by atoms with Crippen molar-refractivity contribution in [2.45, 2.75) is 6.42 Å². The van der Waals surface area contributed by atoms with E-state index in [1.807, 2.05) is 24.4 Å². The molecule has 0 bridgehead atoms. The number of rotatable bonds is 6. The van der Waals surface area contributed by atoms with Gasteiger partial charge in [-0.2, -0.15) is 4.98 Å². The topological polar surface area (TPSA) is 65.6 Å². The molecule has 2 aromatic heterocycles. The van der Waals surface area contributed by atoms with Crippen LogP contribution in [0.2, 0.25) is 0 Å². The zero-order valence-electron chi connectivity index (χ0n) is 14.3. The average molecular weight is 365 g/mol. The molecule has 0 aliphatic carbocycles. The highest BCUT2D eigenvalue weighted by Crippen LogP contribution is 2.20. The Balaban J connectivity index is 1.40. The maximum Gasteiger partial charge on any atom is 0.224 e. The van der Waals surface area contributed by atoms with Gasteiger partial charge in [0.15, 0.2) is 0 Å². The fraction of sp³-hybridized carbons (Fsp3) is 0.100. The lowest BCUT2D eigenvalue weighted by molar-refractivity contribution is 0.586. The lowest BCUT2D eigenvalue weighted by Crippen LogP contribution is -2.08. The number of nitrogens with one attached hydrogen (secondary N) is 3. The monoisotopic (exact) mass is 365 g/mol. The summed E-state index contributed by atoms with van der Waals surface area (Å²) in [4.78, 5) is 11.7. The molecule has 7 heteroatoms. The van der Waals surface area contributed by atoms with Gasteiger partial charge in [0.05, 0.1) is 5.69 Å². The lowest BCUT2D eigenvalue weighted by atomic mass is 10.1. The fourth-order valence-electron chi connectivity index (χ4n) is 2.89. The van der Waals surface area contributed by atoms with E-state index in [0.29, 0.717) is 18.3 Å². The van der Waals surface area contributed by atoms with Crippen LogP contribution in [0.5, 0.6) is 0 Å². The molecule has 136 valence electrons. The molecular formula is C20H17F2N5. The molecule has 0 spiro atoms. The number of H-pyrrole nitrogens is 1. The van der Waals surface area contributed by atoms with E-state index >= 15 is 0 Å². The number of hydrogen-bond donors (Lipinski definition) is 3. The fourth-order valence-corrected chi connectivity index (χ4v) is 2.89. The maximum atomic E-state index is 13.8. The Morgan fingerprint density at radius 2 is 1.93 bits per heavy atom. The van der Waals surface area contributed by atoms with Gasteiger partial charge in [-0.3, -0.25) is 0 Å². The van der Waals surface area contributed by atoms with E-state index in [-0.39, 0.29) is 5.69 Å². The van der Waals surface area contributed by atoms with Crippen LogP contribution in [0.1, 0.15) is 5.56 Å². The van der Waals surface area contributed by atoms with E-state index in [4.69, 9.17) is 0 Å². The molecule has 0 saturated heterocycles. The smallest absolute Gasteiger partial charge is 0.224 e. The standard InChI is InChI=1S/C20H17F2N5/c21-14-5-6-18(16(22)11-14)26-19-8-10-24-20(27-19)23-9-7-13-12-25-17-4-2-1-3-15(13)17/h1-6,8,10-12,25H,7,9H2,(H2,23,24,26,27). The Morgan fingerprint density at radius 3 is 2.81 bits per heavy atom. The molecule has 0 unspecified atom stereocenters. The largest absolute Gasteiger partial charge is 0.361 e. The summed E-state index contributed by atoms with van der Waals surface area (Å²) < 4.78 is 26.8. The van der Waals surface area contributed by atoms with Crippen LogP contribution >= 0.6 is 0 Å². The molecule has 0 aliphatic heterocycles. The summed E-state index contributed by atoms with van der Waals surface area (Å²) in [5.74, 6) is -0.449. The van der Waals surface area contributed by atoms with Crippen molar-refractivity contribution in [1.82, 2.24) is 15.0 Å². The number of aromatic amines is 1. The molecule has 3 N–H and O–H groups in total. The Bertz CT molecular complexity index is 1080. The highest BCUT2D eigenvalue weighted by atomic mass is 19.1. The first-order valence-electron chi connectivity index (χ1n) is 8.53. The van der Waals surface area contributed by atoms with Crippen LogP contribution in [0.15, 0.2) is 60.9 Å². The van der Waals surface area contributed by atoms with Crippen LogP contribution in [0.25, 0.3) is 10.9 Å². The van der Waals surface area contributed by atoms with E-state index in [0.717, 1.165) is 18.0 Å². The number of para-hydroxylation sites is 1. The van der Waals surface area contributed by atoms with Crippen molar-refractivity contribution in [1.29, 1.82) is 0 Å². The highest BCUT2D eigenvalue weighted by Gasteiger charge is 2.07. The van der Waals surface area contributed by atoms with Crippen molar-refractivity contribution in [3.05, 3.63) is 78.1 Å². The summed E-state index contributed by atoms with van der Waals surface area (Å²) in [7, 11) is 0. The SMILES string of the molecule is Fc1ccc(Nc2ccnc(NCCc3c[nH]c4ccccc34)n2)c(F)c1. The predicted octanol–water partition coefficient (Wildman–Crippen LogP) is 4.63. The number of fused-ring (bicyclic) bond motifs is 1. The van der Waals surface area contributed by atoms with E-state index in [1.54, 1.807) is 12.3 Å². The summed E-state index contributed by atoms with van der Waals surface area (Å²) in [6.45, 7) is 0.649. The van der Waals surface area contributed by atoms with Crippen molar-refractivity contribution in [3.63, 3.8) is 0 Å². The molecular weight excluding hydrogens is 348 g/mol. The number of nitrogens with zero attached hydrogens (tertiary/aromatic N) is 2. The van der Waals surface area contributed by atoms with E-state index in [1.165, 1.54) is 23.1 Å². The molecule has 2 aromatic carbocycles. The van der Waals surface area contributed by atoms with Gasteiger partial charge < -0.3 is 15.6 Å². The second kappa shape index (κ2) is 7.41. The number of hydrogen-bond acceptors (Lipinski definition) is 4. The first-order valence-corrected chi connectivity index (χ1v) is 8.53. The van der Waals surface area contributed by atoms with Gasteiger partial charge in [-0.15, -0.1) is 0 Å². The van der Waals surface area contributed by atoms with E-state index in [2.05, 4.69) is 31.7 Å². The maximum absolute atomic E-state index is 13.8. The zero-order valence-corrected chi connectivity index (χ0v) is 14.3. The molecule has 0 fully saturated rings. The molecule has 0 radical (unpaired) electrons. The number of halogens is 2. The number of anilines is 3. The minimum absolute atomic E-state index is 0.153. The minimum atomic E-state index is -0.678. The minimum Gasteiger partial charge on any atom is -0.361 e. The Kier molecular flexibility index (Phi) is 4.65. The Hall–Kier alpha value is -3.48. The molecule has 0 amide bonds. The second-order valence-electron chi connectivity index (χ2n) is 6.05. The van der Waals surface area contributed by atoms with Gasteiger partial charge in [0.2, 0.25) is 5.95 Å². The van der Waals surface area contributed by atoms with Crippen LogP contribution in [0.4, 0.5) is 26.2 Å². The molecule has 5 nitrogen and oxygen atoms in total. The van der Waals surface area contributed by atoms with Crippen LogP contribution in [-0.2, 0) is 6.42 Å². The first kappa shape index (κ1) is 17.0. The number of aromatic nitrogens is 3. The first-order chi connectivity index (χ1) is 13.2. The highest BCUT2D eigenvalue weighted by molar-refractivity contribution is 5.83. The van der Waals surface area contributed by atoms with Gasteiger partial charge in [-0.1, -0.05) is 18.2 Å². The van der Waals surface area contributed by atoms with Crippen LogP contribution in [-0.4, -0.2) is 21.5 Å². The third-order valence-electron chi connectivity index (χ3n) is 4.20. The summed E-state index contributed by atoms with van der Waals surface area (Å²) in [5.41, 5.74) is 2.47. The van der Waals surface area contributed by atoms with Gasteiger partial charge in [0.1, 0.15) is 17.5 Å². The van der Waals surface area contributed by atoms with Crippen molar-refractivity contribution in [2.75, 3.05) is 17.2 Å². The normalized spacial score (nSPS) is 10.9. The van der Waals surface area contributed by atoms with Gasteiger partial charge in [-0.25, -0.2) is 13.8 Å². The van der Waals surface area contributed by atoms with Crippen LogP contribution < -0.4 is 10.6 Å². The van der Waals surface area contributed by atoms with Gasteiger partial charge >= 0.3 is 0 Å². The van der Waals surface area contributed by atoms with Crippen molar-refractivity contribution < 1.29 is 8.78 Å². The quantitative estimate of drug-likeness (QED) is 0.466. The van der Waals surface area contributed by atoms with Crippen molar-refractivity contribution in [3.8, 4) is 0 Å². The summed E-state index contributed by atoms with van der Waals surface area (Å²) in [5, 5.41) is 7.19. The third kappa shape index (κ3) is 3.87. The van der Waals surface area contributed by atoms with Crippen molar-refractivity contribution in [2.24, 2.45) is 0 Å². The molecule has 4 rings (SSSR count). The molecule has 0 aliphatic rings. The zero-order chi connectivity index (χ0) is 18.6. The molecule has 0 saturated carbocycles. The van der Waals surface area contributed by atoms with Gasteiger partial charge in [-0.05, 0) is 36.2 Å². The molecule has 0 atom stereocenters. The summed E-state index contributed by atoms with van der Waals surface area (Å²) >= 11 is 0. The van der Waals surface area contributed by atoms with E-state index in [9.17, 15) is 8.78 Å². The van der Waals surface area contributed by atoms with Crippen LogP contribution in [0, 0.1) is 11.6 Å². The van der Waals surface area contributed by atoms with Crippen LogP contribution in [0.3, 0.4) is 0 Å². The molecule has 4 aromatic rings. The van der Waals surface area contributed by atoms with E-state index < -0.39 is 11.6 Å². The summed E-state index contributed by atoms with van der Waals surface area (Å²) in [6, 6.07) is 13.1.